The zero-order chi connectivity index (χ0) is 20.8. The number of hydrogen-bond donors (Lipinski definition) is 1. The lowest BCUT2D eigenvalue weighted by Gasteiger charge is -2.37. The molecule has 1 heterocycles. The Labute approximate surface area is 197 Å². The maximum atomic E-state index is 10.7. The third-order valence-corrected chi connectivity index (χ3v) is 5.62. The van der Waals surface area contributed by atoms with Crippen molar-refractivity contribution in [2.24, 2.45) is 0 Å². The summed E-state index contributed by atoms with van der Waals surface area (Å²) in [6.07, 6.45) is 0.0707. The third-order valence-electron chi connectivity index (χ3n) is 5.62. The van der Waals surface area contributed by atoms with Gasteiger partial charge in [0.05, 0.1) is 27.4 Å². The number of piperazine rings is 1. The zero-order valence-corrected chi connectivity index (χ0v) is 20.3. The van der Waals surface area contributed by atoms with Crippen LogP contribution in [-0.4, -0.2) is 64.1 Å². The standard InChI is InChI=1S/C23H32N2O4.2ClH/c1-17-7-5-6-8-19(17)25-13-11-24(12-14-25)10-9-20(26)18-15-21(27-2)23(29-4)22(16-18)28-3;;/h5-8,15-16,20,26H,9-14H2,1-4H3;2*1H. The number of aliphatic hydroxyl groups excluding tert-OH is 1. The topological polar surface area (TPSA) is 54.4 Å². The third kappa shape index (κ3) is 6.56. The summed E-state index contributed by atoms with van der Waals surface area (Å²) in [6.45, 7) is 7.01. The van der Waals surface area contributed by atoms with Crippen molar-refractivity contribution in [2.45, 2.75) is 19.4 Å². The van der Waals surface area contributed by atoms with Crippen LogP contribution in [0.2, 0.25) is 0 Å². The van der Waals surface area contributed by atoms with E-state index in [2.05, 4.69) is 41.0 Å². The second-order valence-electron chi connectivity index (χ2n) is 7.38. The highest BCUT2D eigenvalue weighted by molar-refractivity contribution is 5.85. The minimum absolute atomic E-state index is 0. The maximum absolute atomic E-state index is 10.7. The van der Waals surface area contributed by atoms with E-state index >= 15 is 0 Å². The van der Waals surface area contributed by atoms with E-state index in [1.807, 2.05) is 12.1 Å². The Morgan fingerprint density at radius 3 is 2.00 bits per heavy atom. The molecular weight excluding hydrogens is 439 g/mol. The predicted molar refractivity (Wildman–Crippen MR) is 130 cm³/mol. The molecule has 2 aromatic rings. The summed E-state index contributed by atoms with van der Waals surface area (Å²) in [6, 6.07) is 12.2. The summed E-state index contributed by atoms with van der Waals surface area (Å²) in [5.41, 5.74) is 3.42. The van der Waals surface area contributed by atoms with Gasteiger partial charge in [-0.15, -0.1) is 24.8 Å². The van der Waals surface area contributed by atoms with Gasteiger partial charge in [-0.25, -0.2) is 0 Å². The van der Waals surface area contributed by atoms with Gasteiger partial charge >= 0.3 is 0 Å². The van der Waals surface area contributed by atoms with E-state index in [1.165, 1.54) is 11.3 Å². The molecule has 0 bridgehead atoms. The second-order valence-corrected chi connectivity index (χ2v) is 7.38. The Bertz CT molecular complexity index is 789. The highest BCUT2D eigenvalue weighted by Crippen LogP contribution is 2.40. The van der Waals surface area contributed by atoms with Crippen molar-refractivity contribution >= 4 is 30.5 Å². The number of para-hydroxylation sites is 1. The van der Waals surface area contributed by atoms with Gasteiger partial charge in [-0.3, -0.25) is 4.90 Å². The Morgan fingerprint density at radius 2 is 1.48 bits per heavy atom. The van der Waals surface area contributed by atoms with Crippen molar-refractivity contribution in [1.29, 1.82) is 0 Å². The molecule has 174 valence electrons. The van der Waals surface area contributed by atoms with Gasteiger partial charge in [0, 0.05) is 38.4 Å². The molecule has 0 aromatic heterocycles. The Morgan fingerprint density at radius 1 is 0.903 bits per heavy atom. The average Bonchev–Trinajstić information content (AvgIpc) is 2.77. The number of anilines is 1. The first kappa shape index (κ1) is 27.2. The monoisotopic (exact) mass is 472 g/mol. The van der Waals surface area contributed by atoms with Crippen LogP contribution in [0.3, 0.4) is 0 Å². The van der Waals surface area contributed by atoms with E-state index in [4.69, 9.17) is 14.2 Å². The van der Waals surface area contributed by atoms with Crippen molar-refractivity contribution in [2.75, 3.05) is 59.0 Å². The van der Waals surface area contributed by atoms with Gasteiger partial charge in [0.2, 0.25) is 5.75 Å². The summed E-state index contributed by atoms with van der Waals surface area (Å²) in [7, 11) is 4.75. The van der Waals surface area contributed by atoms with Crippen molar-refractivity contribution in [1.82, 2.24) is 4.90 Å². The quantitative estimate of drug-likeness (QED) is 0.623. The summed E-state index contributed by atoms with van der Waals surface area (Å²) in [5.74, 6) is 1.67. The smallest absolute Gasteiger partial charge is 0.203 e. The van der Waals surface area contributed by atoms with Crippen molar-refractivity contribution in [3.63, 3.8) is 0 Å². The van der Waals surface area contributed by atoms with Crippen LogP contribution >= 0.6 is 24.8 Å². The molecule has 1 N–H and O–H groups in total. The van der Waals surface area contributed by atoms with E-state index in [9.17, 15) is 5.11 Å². The first-order chi connectivity index (χ1) is 14.1. The molecule has 1 unspecified atom stereocenters. The lowest BCUT2D eigenvalue weighted by atomic mass is 10.0. The maximum Gasteiger partial charge on any atom is 0.203 e. The van der Waals surface area contributed by atoms with Gasteiger partial charge in [-0.05, 0) is 42.7 Å². The molecule has 0 radical (unpaired) electrons. The molecule has 2 aromatic carbocycles. The molecule has 31 heavy (non-hydrogen) atoms. The van der Waals surface area contributed by atoms with Gasteiger partial charge in [-0.2, -0.15) is 0 Å². The fraction of sp³-hybridized carbons (Fsp3) is 0.478. The van der Waals surface area contributed by atoms with Gasteiger partial charge in [0.25, 0.3) is 0 Å². The molecule has 0 spiro atoms. The highest BCUT2D eigenvalue weighted by atomic mass is 35.5. The number of rotatable bonds is 8. The summed E-state index contributed by atoms with van der Waals surface area (Å²) >= 11 is 0. The molecule has 1 aliphatic heterocycles. The Hall–Kier alpha value is -1.86. The van der Waals surface area contributed by atoms with E-state index in [0.29, 0.717) is 23.7 Å². The number of methoxy groups -OCH3 is 3. The first-order valence-corrected chi connectivity index (χ1v) is 10.1. The van der Waals surface area contributed by atoms with Gasteiger partial charge < -0.3 is 24.2 Å². The number of halogens is 2. The summed E-state index contributed by atoms with van der Waals surface area (Å²) in [4.78, 5) is 4.86. The number of hydrogen-bond acceptors (Lipinski definition) is 6. The minimum atomic E-state index is -0.585. The molecule has 0 aliphatic carbocycles. The van der Waals surface area contributed by atoms with E-state index < -0.39 is 6.10 Å². The van der Waals surface area contributed by atoms with Crippen molar-refractivity contribution in [3.05, 3.63) is 47.5 Å². The number of aryl methyl sites for hydroxylation is 1. The molecule has 1 aliphatic rings. The molecule has 3 rings (SSSR count). The van der Waals surface area contributed by atoms with Crippen LogP contribution in [0.25, 0.3) is 0 Å². The van der Waals surface area contributed by atoms with Gasteiger partial charge in [0.1, 0.15) is 0 Å². The van der Waals surface area contributed by atoms with Crippen LogP contribution in [0, 0.1) is 6.92 Å². The van der Waals surface area contributed by atoms with Crippen LogP contribution in [0.5, 0.6) is 17.2 Å². The molecule has 8 heteroatoms. The SMILES string of the molecule is COc1cc(C(O)CCN2CCN(c3ccccc3C)CC2)cc(OC)c1OC.Cl.Cl. The second kappa shape index (κ2) is 12.9. The number of ether oxygens (including phenoxy) is 3. The normalized spacial score (nSPS) is 14.8. The highest BCUT2D eigenvalue weighted by Gasteiger charge is 2.21. The summed E-state index contributed by atoms with van der Waals surface area (Å²) in [5, 5.41) is 10.7. The van der Waals surface area contributed by atoms with Crippen LogP contribution in [0.1, 0.15) is 23.7 Å². The number of nitrogens with zero attached hydrogens (tertiary/aromatic N) is 2. The fourth-order valence-corrected chi connectivity index (χ4v) is 3.90. The number of benzene rings is 2. The zero-order valence-electron chi connectivity index (χ0n) is 18.7. The summed E-state index contributed by atoms with van der Waals surface area (Å²) < 4.78 is 16.1. The molecule has 0 amide bonds. The molecule has 0 saturated carbocycles. The minimum Gasteiger partial charge on any atom is -0.493 e. The Balaban J connectivity index is 0.00000240. The van der Waals surface area contributed by atoms with Gasteiger partial charge in [-0.1, -0.05) is 18.2 Å². The van der Waals surface area contributed by atoms with E-state index in [0.717, 1.165) is 38.3 Å². The van der Waals surface area contributed by atoms with Crippen molar-refractivity contribution < 1.29 is 19.3 Å². The van der Waals surface area contributed by atoms with Crippen molar-refractivity contribution in [3.8, 4) is 17.2 Å². The molecule has 1 atom stereocenters. The predicted octanol–water partition coefficient (Wildman–Crippen LogP) is 4.11. The Kier molecular flexibility index (Phi) is 11.3. The largest absolute Gasteiger partial charge is 0.493 e. The fourth-order valence-electron chi connectivity index (χ4n) is 3.90. The lowest BCUT2D eigenvalue weighted by molar-refractivity contribution is 0.139. The van der Waals surface area contributed by atoms with E-state index in [-0.39, 0.29) is 24.8 Å². The van der Waals surface area contributed by atoms with Crippen LogP contribution in [0.4, 0.5) is 5.69 Å². The number of aliphatic hydroxyl groups is 1. The average molecular weight is 473 g/mol. The molecule has 1 fully saturated rings. The molecule has 1 saturated heterocycles. The molecule has 6 nitrogen and oxygen atoms in total. The first-order valence-electron chi connectivity index (χ1n) is 10.1. The van der Waals surface area contributed by atoms with E-state index in [1.54, 1.807) is 21.3 Å². The van der Waals surface area contributed by atoms with Crippen LogP contribution in [-0.2, 0) is 0 Å². The lowest BCUT2D eigenvalue weighted by Crippen LogP contribution is -2.47. The molecular formula is C23H34Cl2N2O4. The van der Waals surface area contributed by atoms with Crippen LogP contribution in [0.15, 0.2) is 36.4 Å². The van der Waals surface area contributed by atoms with Gasteiger partial charge in [0.15, 0.2) is 11.5 Å². The van der Waals surface area contributed by atoms with Crippen LogP contribution < -0.4 is 19.1 Å².